The molecule has 3 rings (SSSR count). The van der Waals surface area contributed by atoms with Crippen molar-refractivity contribution in [2.24, 2.45) is 0 Å². The quantitative estimate of drug-likeness (QED) is 0.321. The minimum atomic E-state index is -4.71. The minimum Gasteiger partial charge on any atom is -0.772 e. The molecule has 0 bridgehead atoms. The highest BCUT2D eigenvalue weighted by atomic mass is 32.2. The normalized spacial score (nSPS) is 12.7. The summed E-state index contributed by atoms with van der Waals surface area (Å²) < 4.78 is 77.5. The van der Waals surface area contributed by atoms with Crippen LogP contribution in [-0.2, 0) is 29.6 Å². The third-order valence-corrected chi connectivity index (χ3v) is 4.74. The predicted molar refractivity (Wildman–Crippen MR) is 101 cm³/mol. The third kappa shape index (κ3) is 4.63. The molecule has 0 fully saturated rings. The van der Waals surface area contributed by atoms with Crippen LogP contribution < -0.4 is 0 Å². The van der Waals surface area contributed by atoms with Gasteiger partial charge in [0.2, 0.25) is 0 Å². The largest absolute Gasteiger partial charge is 0.772 e. The maximum absolute atomic E-state index is 13.9. The van der Waals surface area contributed by atoms with Crippen LogP contribution in [0.25, 0.3) is 22.4 Å². The molecule has 0 radical (unpaired) electrons. The Kier molecular flexibility index (Phi) is 5.99. The molecule has 4 nitrogen and oxygen atoms in total. The lowest BCUT2D eigenvalue weighted by Crippen LogP contribution is -2.15. The predicted octanol–water partition coefficient (Wildman–Crippen LogP) is 4.94. The average Bonchev–Trinajstić information content (AvgIpc) is 3.02. The Morgan fingerprint density at radius 1 is 1.07 bits per heavy atom. The second-order valence-corrected chi connectivity index (χ2v) is 7.09. The van der Waals surface area contributed by atoms with Crippen LogP contribution >= 0.6 is 0 Å². The first-order chi connectivity index (χ1) is 13.7. The number of allylic oxidation sites excluding steroid dienone is 1. The fourth-order valence-corrected chi connectivity index (χ4v) is 3.46. The van der Waals surface area contributed by atoms with Crippen LogP contribution in [0.15, 0.2) is 61.2 Å². The van der Waals surface area contributed by atoms with Gasteiger partial charge < -0.3 is 4.55 Å². The number of aromatic nitrogens is 2. The molecule has 152 valence electrons. The van der Waals surface area contributed by atoms with Crippen LogP contribution in [0.3, 0.4) is 0 Å². The van der Waals surface area contributed by atoms with Gasteiger partial charge in [0.15, 0.2) is 5.69 Å². The van der Waals surface area contributed by atoms with Gasteiger partial charge in [0.1, 0.15) is 11.5 Å². The minimum absolute atomic E-state index is 0.0561. The topological polar surface area (TPSA) is 58.0 Å². The average molecular weight is 423 g/mol. The van der Waals surface area contributed by atoms with Gasteiger partial charge in [-0.05, 0) is 23.3 Å². The Morgan fingerprint density at radius 3 is 2.17 bits per heavy atom. The summed E-state index contributed by atoms with van der Waals surface area (Å²) in [5.41, 5.74) is -0.0670. The maximum atomic E-state index is 13.9. The van der Waals surface area contributed by atoms with E-state index in [0.29, 0.717) is 11.1 Å². The summed E-state index contributed by atoms with van der Waals surface area (Å²) in [5, 5.41) is 4.14. The van der Waals surface area contributed by atoms with E-state index in [-0.39, 0.29) is 29.1 Å². The molecule has 1 heterocycles. The lowest BCUT2D eigenvalue weighted by atomic mass is 9.98. The van der Waals surface area contributed by atoms with E-state index in [1.165, 1.54) is 42.5 Å². The van der Waals surface area contributed by atoms with Crippen LogP contribution in [0.4, 0.5) is 17.6 Å². The Bertz CT molecular complexity index is 1040. The number of hydrogen-bond donors (Lipinski definition) is 0. The summed E-state index contributed by atoms with van der Waals surface area (Å²) >= 11 is -2.28. The van der Waals surface area contributed by atoms with Gasteiger partial charge in [0.05, 0.1) is 6.54 Å². The molecular formula is C20H15F4N2O2S-. The van der Waals surface area contributed by atoms with Gasteiger partial charge >= 0.3 is 6.18 Å². The second kappa shape index (κ2) is 8.30. The van der Waals surface area contributed by atoms with Crippen molar-refractivity contribution in [2.45, 2.75) is 18.5 Å². The summed E-state index contributed by atoms with van der Waals surface area (Å²) in [6, 6.07) is 10.7. The zero-order valence-electron chi connectivity index (χ0n) is 14.9. The molecule has 0 spiro atoms. The van der Waals surface area contributed by atoms with Crippen molar-refractivity contribution >= 4 is 11.1 Å². The van der Waals surface area contributed by atoms with Gasteiger partial charge in [-0.25, -0.2) is 4.39 Å². The number of rotatable bonds is 6. The molecule has 29 heavy (non-hydrogen) atoms. The van der Waals surface area contributed by atoms with Gasteiger partial charge in [-0.1, -0.05) is 53.6 Å². The fraction of sp³-hybridized carbons (Fsp3) is 0.150. The summed E-state index contributed by atoms with van der Waals surface area (Å²) in [4.78, 5) is 0. The first-order valence-corrected chi connectivity index (χ1v) is 9.65. The van der Waals surface area contributed by atoms with Crippen LogP contribution in [0.2, 0.25) is 0 Å². The van der Waals surface area contributed by atoms with Crippen LogP contribution in [0.1, 0.15) is 11.3 Å². The lowest BCUT2D eigenvalue weighted by Gasteiger charge is -2.12. The van der Waals surface area contributed by atoms with Gasteiger partial charge in [0.25, 0.3) is 0 Å². The van der Waals surface area contributed by atoms with Crippen LogP contribution in [0, 0.1) is 5.82 Å². The van der Waals surface area contributed by atoms with E-state index in [2.05, 4.69) is 11.7 Å². The highest BCUT2D eigenvalue weighted by Crippen LogP contribution is 2.42. The van der Waals surface area contributed by atoms with Gasteiger partial charge in [0, 0.05) is 16.9 Å². The SMILES string of the molecule is C=CCn1nc(-c2ccc(CS(=O)[O-])cc2)c(-c2ccc(F)cc2)c1C(F)(F)F. The number of hydrogen-bond acceptors (Lipinski definition) is 3. The van der Waals surface area contributed by atoms with Crippen LogP contribution in [-0.4, -0.2) is 18.5 Å². The molecule has 2 aromatic carbocycles. The monoisotopic (exact) mass is 423 g/mol. The summed E-state index contributed by atoms with van der Waals surface area (Å²) in [6.45, 7) is 3.31. The number of nitrogens with zero attached hydrogens (tertiary/aromatic N) is 2. The van der Waals surface area contributed by atoms with Crippen molar-refractivity contribution in [1.29, 1.82) is 0 Å². The van der Waals surface area contributed by atoms with Crippen molar-refractivity contribution in [3.63, 3.8) is 0 Å². The van der Waals surface area contributed by atoms with E-state index >= 15 is 0 Å². The molecule has 1 unspecified atom stereocenters. The zero-order valence-corrected chi connectivity index (χ0v) is 15.8. The zero-order chi connectivity index (χ0) is 21.2. The molecule has 0 aliphatic carbocycles. The van der Waals surface area contributed by atoms with Crippen molar-refractivity contribution in [3.05, 3.63) is 78.3 Å². The molecule has 0 aliphatic rings. The number of halogens is 4. The van der Waals surface area contributed by atoms with E-state index in [1.807, 2.05) is 0 Å². The van der Waals surface area contributed by atoms with Gasteiger partial charge in [-0.15, -0.1) is 6.58 Å². The molecule has 9 heteroatoms. The van der Waals surface area contributed by atoms with E-state index in [4.69, 9.17) is 0 Å². The molecule has 0 saturated carbocycles. The van der Waals surface area contributed by atoms with E-state index in [0.717, 1.165) is 16.8 Å². The molecule has 0 amide bonds. The molecule has 0 saturated heterocycles. The molecule has 1 aromatic heterocycles. The van der Waals surface area contributed by atoms with E-state index < -0.39 is 28.8 Å². The molecule has 1 atom stereocenters. The Morgan fingerprint density at radius 2 is 1.66 bits per heavy atom. The fourth-order valence-electron chi connectivity index (χ4n) is 2.99. The number of benzene rings is 2. The van der Waals surface area contributed by atoms with Crippen LogP contribution in [0.5, 0.6) is 0 Å². The van der Waals surface area contributed by atoms with Crippen molar-refractivity contribution < 1.29 is 26.3 Å². The highest BCUT2D eigenvalue weighted by molar-refractivity contribution is 7.78. The summed E-state index contributed by atoms with van der Waals surface area (Å²) in [5.74, 6) is -0.776. The van der Waals surface area contributed by atoms with Crippen molar-refractivity contribution in [2.75, 3.05) is 0 Å². The molecule has 0 N–H and O–H groups in total. The molecule has 3 aromatic rings. The van der Waals surface area contributed by atoms with E-state index in [9.17, 15) is 26.3 Å². The third-order valence-electron chi connectivity index (χ3n) is 4.17. The Hall–Kier alpha value is -2.78. The first kappa shape index (κ1) is 20.9. The van der Waals surface area contributed by atoms with Gasteiger partial charge in [-0.3, -0.25) is 8.89 Å². The Labute approximate surface area is 166 Å². The van der Waals surface area contributed by atoms with Crippen molar-refractivity contribution in [3.8, 4) is 22.4 Å². The Balaban J connectivity index is 2.24. The smallest absolute Gasteiger partial charge is 0.433 e. The number of alkyl halides is 3. The lowest BCUT2D eigenvalue weighted by molar-refractivity contribution is -0.143. The first-order valence-electron chi connectivity index (χ1n) is 8.40. The highest BCUT2D eigenvalue weighted by Gasteiger charge is 2.40. The van der Waals surface area contributed by atoms with Gasteiger partial charge in [-0.2, -0.15) is 18.3 Å². The standard InChI is InChI=1S/C20H16F4N2O2S/c1-2-11-26-19(20(22,23)24)17(14-7-9-16(21)10-8-14)18(25-26)15-5-3-13(4-6-15)12-29(27)28/h2-10H,1,11-12H2,(H,27,28)/p-1. The molecular weight excluding hydrogens is 408 g/mol. The summed E-state index contributed by atoms with van der Waals surface area (Å²) in [6.07, 6.45) is -3.41. The second-order valence-electron chi connectivity index (χ2n) is 6.19. The van der Waals surface area contributed by atoms with Crippen molar-refractivity contribution in [1.82, 2.24) is 9.78 Å². The maximum Gasteiger partial charge on any atom is 0.433 e. The summed E-state index contributed by atoms with van der Waals surface area (Å²) in [7, 11) is 0. The molecule has 0 aliphatic heterocycles. The van der Waals surface area contributed by atoms with E-state index in [1.54, 1.807) is 0 Å².